The Balaban J connectivity index is 0.000000347. The molecular weight excluding hydrogens is 410 g/mol. The average Bonchev–Trinajstić information content (AvgIpc) is 2.79. The van der Waals surface area contributed by atoms with Gasteiger partial charge in [0, 0.05) is 64.0 Å². The fraction of sp³-hybridized carbons (Fsp3) is 0.565. The van der Waals surface area contributed by atoms with Crippen molar-refractivity contribution in [3.05, 3.63) is 29.3 Å². The van der Waals surface area contributed by atoms with Crippen molar-refractivity contribution in [2.75, 3.05) is 59.3 Å². The standard InChI is InChI=1S/C15H23N3O.C8H14N2O3/c1-12-4-5-15(8-13(12)11-19)18-7-6-16-14(10-18)9-17(2)3;1-9-8(13)4-3-7(5-11)10(2)6-12/h4-5,8,11,14,16H,6-7,9-10H2,1-3H3;5-7H,3-4H2,1-2H3,(H,9,13). The molecule has 0 aliphatic carbocycles. The van der Waals surface area contributed by atoms with Crippen LogP contribution >= 0.6 is 0 Å². The minimum Gasteiger partial charge on any atom is -0.369 e. The third-order valence-electron chi connectivity index (χ3n) is 5.39. The molecule has 1 aliphatic rings. The van der Waals surface area contributed by atoms with Gasteiger partial charge in [0.05, 0.1) is 6.04 Å². The highest BCUT2D eigenvalue weighted by Crippen LogP contribution is 2.19. The van der Waals surface area contributed by atoms with Crippen molar-refractivity contribution in [2.45, 2.75) is 31.8 Å². The molecule has 9 heteroatoms. The molecule has 0 radical (unpaired) electrons. The maximum atomic E-state index is 11.0. The van der Waals surface area contributed by atoms with Crippen molar-refractivity contribution >= 4 is 30.6 Å². The molecule has 2 N–H and O–H groups in total. The Morgan fingerprint density at radius 1 is 1.28 bits per heavy atom. The first-order chi connectivity index (χ1) is 15.2. The number of carbonyl (C=O) groups is 4. The highest BCUT2D eigenvalue weighted by Gasteiger charge is 2.20. The number of aldehydes is 2. The molecule has 1 fully saturated rings. The van der Waals surface area contributed by atoms with Crippen LogP contribution in [-0.4, -0.2) is 101 Å². The number of nitrogens with zero attached hydrogens (tertiary/aromatic N) is 3. The van der Waals surface area contributed by atoms with E-state index in [-0.39, 0.29) is 12.3 Å². The van der Waals surface area contributed by atoms with Crippen LogP contribution in [0.25, 0.3) is 0 Å². The summed E-state index contributed by atoms with van der Waals surface area (Å²) in [4.78, 5) is 48.4. The van der Waals surface area contributed by atoms with Gasteiger partial charge in [0.15, 0.2) is 0 Å². The number of likely N-dealkylation sites (N-methyl/N-ethyl adjacent to an activating group) is 2. The largest absolute Gasteiger partial charge is 0.369 e. The Hall–Kier alpha value is -2.78. The number of nitrogens with one attached hydrogen (secondary N) is 2. The Labute approximate surface area is 191 Å². The van der Waals surface area contributed by atoms with Crippen molar-refractivity contribution < 1.29 is 19.2 Å². The van der Waals surface area contributed by atoms with Gasteiger partial charge < -0.3 is 30.1 Å². The summed E-state index contributed by atoms with van der Waals surface area (Å²) in [6.45, 7) is 5.97. The van der Waals surface area contributed by atoms with Crippen LogP contribution in [0.3, 0.4) is 0 Å². The van der Waals surface area contributed by atoms with Gasteiger partial charge in [-0.25, -0.2) is 0 Å². The third kappa shape index (κ3) is 9.15. The van der Waals surface area contributed by atoms with Gasteiger partial charge in [-0.05, 0) is 45.1 Å². The van der Waals surface area contributed by atoms with Crippen LogP contribution in [0.2, 0.25) is 0 Å². The lowest BCUT2D eigenvalue weighted by molar-refractivity contribution is -0.125. The van der Waals surface area contributed by atoms with E-state index in [1.807, 2.05) is 19.1 Å². The zero-order valence-corrected chi connectivity index (χ0v) is 19.8. The van der Waals surface area contributed by atoms with E-state index in [2.05, 4.69) is 40.6 Å². The van der Waals surface area contributed by atoms with Crippen LogP contribution in [0.1, 0.15) is 28.8 Å². The van der Waals surface area contributed by atoms with E-state index >= 15 is 0 Å². The normalized spacial score (nSPS) is 16.4. The van der Waals surface area contributed by atoms with Gasteiger partial charge in [0.2, 0.25) is 12.3 Å². The summed E-state index contributed by atoms with van der Waals surface area (Å²) in [5.74, 6) is -0.133. The van der Waals surface area contributed by atoms with Crippen LogP contribution in [0, 0.1) is 6.92 Å². The zero-order chi connectivity index (χ0) is 24.1. The lowest BCUT2D eigenvalue weighted by Gasteiger charge is -2.36. The van der Waals surface area contributed by atoms with E-state index in [1.54, 1.807) is 0 Å². The molecule has 0 bridgehead atoms. The number of hydrogen-bond donors (Lipinski definition) is 2. The Bertz CT molecular complexity index is 756. The molecule has 1 aromatic carbocycles. The molecule has 0 spiro atoms. The number of rotatable bonds is 10. The van der Waals surface area contributed by atoms with Gasteiger partial charge in [-0.15, -0.1) is 0 Å². The molecule has 2 unspecified atom stereocenters. The van der Waals surface area contributed by atoms with Crippen molar-refractivity contribution in [1.29, 1.82) is 0 Å². The molecule has 2 rings (SSSR count). The van der Waals surface area contributed by atoms with Crippen LogP contribution in [0.4, 0.5) is 5.69 Å². The van der Waals surface area contributed by atoms with E-state index in [1.165, 1.54) is 19.0 Å². The highest BCUT2D eigenvalue weighted by molar-refractivity contribution is 5.79. The SMILES string of the molecule is CNC(=O)CCC(C=O)N(C)C=O.Cc1ccc(N2CCNC(CN(C)C)C2)cc1C=O. The lowest BCUT2D eigenvalue weighted by Crippen LogP contribution is -2.54. The molecule has 1 heterocycles. The summed E-state index contributed by atoms with van der Waals surface area (Å²) in [6.07, 6.45) is 2.79. The summed E-state index contributed by atoms with van der Waals surface area (Å²) in [5, 5.41) is 5.98. The van der Waals surface area contributed by atoms with Crippen LogP contribution in [0.15, 0.2) is 18.2 Å². The number of carbonyl (C=O) groups excluding carboxylic acids is 4. The number of amides is 2. The topological polar surface area (TPSA) is 102 Å². The molecule has 178 valence electrons. The van der Waals surface area contributed by atoms with Crippen LogP contribution in [0.5, 0.6) is 0 Å². The highest BCUT2D eigenvalue weighted by atomic mass is 16.2. The molecule has 0 saturated carbocycles. The maximum absolute atomic E-state index is 11.0. The second-order valence-electron chi connectivity index (χ2n) is 8.20. The molecule has 2 amide bonds. The zero-order valence-electron chi connectivity index (χ0n) is 19.8. The van der Waals surface area contributed by atoms with Gasteiger partial charge in [-0.1, -0.05) is 6.07 Å². The summed E-state index contributed by atoms with van der Waals surface area (Å²) in [7, 11) is 7.23. The molecule has 1 aliphatic heterocycles. The summed E-state index contributed by atoms with van der Waals surface area (Å²) in [6, 6.07) is 6.11. The minimum absolute atomic E-state index is 0.133. The number of benzene rings is 1. The molecule has 1 aromatic rings. The summed E-state index contributed by atoms with van der Waals surface area (Å²) in [5.41, 5.74) is 2.98. The van der Waals surface area contributed by atoms with E-state index in [4.69, 9.17) is 0 Å². The van der Waals surface area contributed by atoms with Crippen molar-refractivity contribution in [1.82, 2.24) is 20.4 Å². The first-order valence-corrected chi connectivity index (χ1v) is 10.8. The van der Waals surface area contributed by atoms with Crippen molar-refractivity contribution in [3.8, 4) is 0 Å². The number of piperazine rings is 1. The Morgan fingerprint density at radius 3 is 2.56 bits per heavy atom. The minimum atomic E-state index is -0.505. The molecule has 9 nitrogen and oxygen atoms in total. The van der Waals surface area contributed by atoms with Crippen LogP contribution < -0.4 is 15.5 Å². The fourth-order valence-corrected chi connectivity index (χ4v) is 3.42. The van der Waals surface area contributed by atoms with Crippen LogP contribution in [-0.2, 0) is 14.4 Å². The number of anilines is 1. The average molecular weight is 448 g/mol. The first kappa shape index (κ1) is 27.3. The molecule has 32 heavy (non-hydrogen) atoms. The molecule has 1 saturated heterocycles. The summed E-state index contributed by atoms with van der Waals surface area (Å²) < 4.78 is 0. The Kier molecular flexibility index (Phi) is 12.2. The van der Waals surface area contributed by atoms with E-state index < -0.39 is 6.04 Å². The third-order valence-corrected chi connectivity index (χ3v) is 5.39. The second-order valence-corrected chi connectivity index (χ2v) is 8.20. The first-order valence-electron chi connectivity index (χ1n) is 10.8. The van der Waals surface area contributed by atoms with E-state index in [9.17, 15) is 19.2 Å². The van der Waals surface area contributed by atoms with Gasteiger partial charge in [0.25, 0.3) is 0 Å². The van der Waals surface area contributed by atoms with E-state index in [0.717, 1.165) is 49.3 Å². The Morgan fingerprint density at radius 2 is 2.00 bits per heavy atom. The van der Waals surface area contributed by atoms with Gasteiger partial charge >= 0.3 is 0 Å². The monoisotopic (exact) mass is 447 g/mol. The maximum Gasteiger partial charge on any atom is 0.219 e. The molecule has 0 aromatic heterocycles. The lowest BCUT2D eigenvalue weighted by atomic mass is 10.1. The predicted molar refractivity (Wildman–Crippen MR) is 126 cm³/mol. The number of hydrogen-bond acceptors (Lipinski definition) is 7. The predicted octanol–water partition coefficient (Wildman–Crippen LogP) is 0.316. The van der Waals surface area contributed by atoms with E-state index in [0.29, 0.717) is 25.2 Å². The number of aryl methyl sites for hydroxylation is 1. The van der Waals surface area contributed by atoms with Gasteiger partial charge in [-0.2, -0.15) is 0 Å². The van der Waals surface area contributed by atoms with Gasteiger partial charge in [0.1, 0.15) is 12.6 Å². The van der Waals surface area contributed by atoms with Gasteiger partial charge in [-0.3, -0.25) is 14.4 Å². The molecule has 2 atom stereocenters. The van der Waals surface area contributed by atoms with Crippen molar-refractivity contribution in [2.24, 2.45) is 0 Å². The second kappa shape index (κ2) is 14.3. The fourth-order valence-electron chi connectivity index (χ4n) is 3.42. The smallest absolute Gasteiger partial charge is 0.219 e. The quantitative estimate of drug-likeness (QED) is 0.498. The van der Waals surface area contributed by atoms with Crippen molar-refractivity contribution in [3.63, 3.8) is 0 Å². The summed E-state index contributed by atoms with van der Waals surface area (Å²) >= 11 is 0. The molecular formula is C23H37N5O4.